The second-order valence-corrected chi connectivity index (χ2v) is 7.46. The van der Waals surface area contributed by atoms with Crippen LogP contribution in [0, 0.1) is 0 Å². The van der Waals surface area contributed by atoms with Gasteiger partial charge in [0.15, 0.2) is 0 Å². The fourth-order valence-electron chi connectivity index (χ4n) is 1.89. The lowest BCUT2D eigenvalue weighted by Crippen LogP contribution is -2.32. The molecular formula is C15H16Cl2N2O3S. The van der Waals surface area contributed by atoms with Gasteiger partial charge in [-0.1, -0.05) is 35.3 Å². The van der Waals surface area contributed by atoms with Crippen LogP contribution in [-0.4, -0.2) is 26.9 Å². The van der Waals surface area contributed by atoms with E-state index in [1.807, 2.05) is 0 Å². The largest absolute Gasteiger partial charge is 0.495 e. The lowest BCUT2D eigenvalue weighted by Gasteiger charge is -2.19. The third-order valence-corrected chi connectivity index (χ3v) is 5.12. The number of methoxy groups -OCH3 is 1. The van der Waals surface area contributed by atoms with Crippen LogP contribution in [0.4, 0.5) is 5.69 Å². The first-order valence-corrected chi connectivity index (χ1v) is 8.83. The van der Waals surface area contributed by atoms with Gasteiger partial charge in [-0.15, -0.1) is 0 Å². The predicted molar refractivity (Wildman–Crippen MR) is 93.5 cm³/mol. The Kier molecular flexibility index (Phi) is 5.75. The SMILES string of the molecule is COc1ccc(NS(=O)(=O)N(C)Cc2ccc(Cl)cc2)cc1Cl. The Labute approximate surface area is 146 Å². The van der Waals surface area contributed by atoms with Crippen molar-refractivity contribution in [3.8, 4) is 5.75 Å². The van der Waals surface area contributed by atoms with E-state index >= 15 is 0 Å². The number of halogens is 2. The van der Waals surface area contributed by atoms with Gasteiger partial charge >= 0.3 is 10.2 Å². The quantitative estimate of drug-likeness (QED) is 0.836. The lowest BCUT2D eigenvalue weighted by atomic mass is 10.2. The highest BCUT2D eigenvalue weighted by Crippen LogP contribution is 2.28. The molecule has 0 heterocycles. The zero-order chi connectivity index (χ0) is 17.0. The molecule has 0 aliphatic carbocycles. The predicted octanol–water partition coefficient (Wildman–Crippen LogP) is 3.79. The molecule has 8 heteroatoms. The van der Waals surface area contributed by atoms with Crippen LogP contribution in [-0.2, 0) is 16.8 Å². The molecule has 0 bridgehead atoms. The maximum Gasteiger partial charge on any atom is 0.301 e. The second kappa shape index (κ2) is 7.40. The van der Waals surface area contributed by atoms with Crippen LogP contribution in [0.1, 0.15) is 5.56 Å². The standard InChI is InChI=1S/C15H16Cl2N2O3S/c1-19(10-11-3-5-12(16)6-4-11)23(20,21)18-13-7-8-15(22-2)14(17)9-13/h3-9,18H,10H2,1-2H3. The van der Waals surface area contributed by atoms with E-state index in [0.717, 1.165) is 5.56 Å². The number of nitrogens with zero attached hydrogens (tertiary/aromatic N) is 1. The average molecular weight is 375 g/mol. The molecule has 0 atom stereocenters. The van der Waals surface area contributed by atoms with Crippen molar-refractivity contribution in [1.29, 1.82) is 0 Å². The van der Waals surface area contributed by atoms with Crippen molar-refractivity contribution < 1.29 is 13.2 Å². The van der Waals surface area contributed by atoms with Gasteiger partial charge in [0, 0.05) is 18.6 Å². The van der Waals surface area contributed by atoms with Gasteiger partial charge in [-0.3, -0.25) is 4.72 Å². The van der Waals surface area contributed by atoms with Crippen molar-refractivity contribution in [2.24, 2.45) is 0 Å². The van der Waals surface area contributed by atoms with Gasteiger partial charge in [0.1, 0.15) is 5.75 Å². The first kappa shape index (κ1) is 17.9. The molecule has 0 saturated heterocycles. The highest BCUT2D eigenvalue weighted by Gasteiger charge is 2.18. The molecule has 0 fully saturated rings. The maximum absolute atomic E-state index is 12.4. The molecule has 0 radical (unpaired) electrons. The molecule has 0 aromatic heterocycles. The summed E-state index contributed by atoms with van der Waals surface area (Å²) in [5.41, 5.74) is 1.19. The summed E-state index contributed by atoms with van der Waals surface area (Å²) in [4.78, 5) is 0. The second-order valence-electron chi connectivity index (χ2n) is 4.84. The lowest BCUT2D eigenvalue weighted by molar-refractivity contribution is 0.415. The summed E-state index contributed by atoms with van der Waals surface area (Å²) in [6, 6.07) is 11.7. The van der Waals surface area contributed by atoms with E-state index in [9.17, 15) is 8.42 Å². The molecule has 0 aliphatic rings. The molecule has 1 N–H and O–H groups in total. The van der Waals surface area contributed by atoms with Gasteiger partial charge in [0.2, 0.25) is 0 Å². The van der Waals surface area contributed by atoms with E-state index in [0.29, 0.717) is 21.5 Å². The molecule has 0 aliphatic heterocycles. The summed E-state index contributed by atoms with van der Waals surface area (Å²) < 4.78 is 33.4. The highest BCUT2D eigenvalue weighted by molar-refractivity contribution is 7.90. The van der Waals surface area contributed by atoms with E-state index in [1.54, 1.807) is 36.4 Å². The molecule has 23 heavy (non-hydrogen) atoms. The number of nitrogens with one attached hydrogen (secondary N) is 1. The third-order valence-electron chi connectivity index (χ3n) is 3.13. The summed E-state index contributed by atoms with van der Waals surface area (Å²) in [6.45, 7) is 0.219. The molecule has 2 aromatic carbocycles. The van der Waals surface area contributed by atoms with Crippen LogP contribution in [0.5, 0.6) is 5.75 Å². The molecular weight excluding hydrogens is 359 g/mol. The fourth-order valence-corrected chi connectivity index (χ4v) is 3.17. The Morgan fingerprint density at radius 2 is 1.78 bits per heavy atom. The number of hydrogen-bond acceptors (Lipinski definition) is 3. The summed E-state index contributed by atoms with van der Waals surface area (Å²) in [5, 5.41) is 0.929. The van der Waals surface area contributed by atoms with E-state index in [1.165, 1.54) is 24.5 Å². The Morgan fingerprint density at radius 1 is 1.13 bits per heavy atom. The van der Waals surface area contributed by atoms with Crippen LogP contribution >= 0.6 is 23.2 Å². The molecule has 2 aromatic rings. The maximum atomic E-state index is 12.4. The molecule has 124 valence electrons. The van der Waals surface area contributed by atoms with Gasteiger partial charge in [0.25, 0.3) is 0 Å². The van der Waals surface area contributed by atoms with Crippen LogP contribution in [0.15, 0.2) is 42.5 Å². The molecule has 0 spiro atoms. The van der Waals surface area contributed by atoms with Gasteiger partial charge in [-0.25, -0.2) is 0 Å². The van der Waals surface area contributed by atoms with Crippen LogP contribution < -0.4 is 9.46 Å². The van der Waals surface area contributed by atoms with E-state index in [2.05, 4.69) is 4.72 Å². The van der Waals surface area contributed by atoms with Crippen molar-refractivity contribution in [2.75, 3.05) is 18.9 Å². The van der Waals surface area contributed by atoms with E-state index in [-0.39, 0.29) is 6.54 Å². The van der Waals surface area contributed by atoms with Crippen molar-refractivity contribution in [1.82, 2.24) is 4.31 Å². The monoisotopic (exact) mass is 374 g/mol. The number of ether oxygens (including phenoxy) is 1. The Hall–Kier alpha value is -1.47. The third kappa shape index (κ3) is 4.75. The minimum Gasteiger partial charge on any atom is -0.495 e. The van der Waals surface area contributed by atoms with Gasteiger partial charge in [-0.2, -0.15) is 12.7 Å². The normalized spacial score (nSPS) is 11.5. The Balaban J connectivity index is 2.11. The van der Waals surface area contributed by atoms with Crippen molar-refractivity contribution in [3.05, 3.63) is 58.1 Å². The Bertz CT molecular complexity index is 780. The van der Waals surface area contributed by atoms with Crippen molar-refractivity contribution >= 4 is 39.1 Å². The minimum atomic E-state index is -3.71. The van der Waals surface area contributed by atoms with Crippen LogP contribution in [0.2, 0.25) is 10.0 Å². The summed E-state index contributed by atoms with van der Waals surface area (Å²) in [6.07, 6.45) is 0. The zero-order valence-electron chi connectivity index (χ0n) is 12.6. The zero-order valence-corrected chi connectivity index (χ0v) is 14.9. The van der Waals surface area contributed by atoms with Gasteiger partial charge < -0.3 is 4.74 Å². The van der Waals surface area contributed by atoms with Crippen molar-refractivity contribution in [2.45, 2.75) is 6.54 Å². The smallest absolute Gasteiger partial charge is 0.301 e. The first-order valence-electron chi connectivity index (χ1n) is 6.64. The van der Waals surface area contributed by atoms with E-state index in [4.69, 9.17) is 27.9 Å². The van der Waals surface area contributed by atoms with Crippen LogP contribution in [0.25, 0.3) is 0 Å². The molecule has 2 rings (SSSR count). The number of rotatable bonds is 6. The van der Waals surface area contributed by atoms with Gasteiger partial charge in [-0.05, 0) is 35.9 Å². The number of anilines is 1. The highest BCUT2D eigenvalue weighted by atomic mass is 35.5. The number of benzene rings is 2. The summed E-state index contributed by atoms with van der Waals surface area (Å²) in [5.74, 6) is 0.476. The number of hydrogen-bond donors (Lipinski definition) is 1. The Morgan fingerprint density at radius 3 is 2.35 bits per heavy atom. The molecule has 0 saturated carbocycles. The van der Waals surface area contributed by atoms with Gasteiger partial charge in [0.05, 0.1) is 17.8 Å². The molecule has 0 amide bonds. The molecule has 5 nitrogen and oxygen atoms in total. The minimum absolute atomic E-state index is 0.219. The fraction of sp³-hybridized carbons (Fsp3) is 0.200. The average Bonchev–Trinajstić information content (AvgIpc) is 2.49. The summed E-state index contributed by atoms with van der Waals surface area (Å²) in [7, 11) is -0.728. The topological polar surface area (TPSA) is 58.6 Å². The first-order chi connectivity index (χ1) is 10.8. The molecule has 0 unspecified atom stereocenters. The van der Waals surface area contributed by atoms with Crippen LogP contribution in [0.3, 0.4) is 0 Å². The van der Waals surface area contributed by atoms with E-state index < -0.39 is 10.2 Å². The van der Waals surface area contributed by atoms with Crippen molar-refractivity contribution in [3.63, 3.8) is 0 Å². The summed E-state index contributed by atoms with van der Waals surface area (Å²) >= 11 is 11.8.